The predicted octanol–water partition coefficient (Wildman–Crippen LogP) is 2.78. The maximum Gasteiger partial charge on any atom is 0.193 e. The number of nitrogens with two attached hydrogens (primary N) is 1. The van der Waals surface area contributed by atoms with Crippen LogP contribution in [0.15, 0.2) is 35.3 Å². The molecule has 0 spiro atoms. The standard InChI is InChI=1S/C11H17N3S.HI/c1-9(15-2)8-13-11(12)14-10-6-4-3-5-7-10;/h3-7,9H,8H2,1-2H3,(H3,12,13,14);1H. The van der Waals surface area contributed by atoms with Gasteiger partial charge in [0.05, 0.1) is 6.54 Å². The number of nitrogens with zero attached hydrogens (tertiary/aromatic N) is 1. The van der Waals surface area contributed by atoms with Gasteiger partial charge in [0.2, 0.25) is 0 Å². The summed E-state index contributed by atoms with van der Waals surface area (Å²) < 4.78 is 0. The van der Waals surface area contributed by atoms with Gasteiger partial charge >= 0.3 is 0 Å². The van der Waals surface area contributed by atoms with E-state index in [1.165, 1.54) is 0 Å². The molecule has 0 fully saturated rings. The molecule has 90 valence electrons. The monoisotopic (exact) mass is 351 g/mol. The number of para-hydroxylation sites is 1. The Morgan fingerprint density at radius 2 is 2.06 bits per heavy atom. The molecule has 5 heteroatoms. The molecule has 0 heterocycles. The van der Waals surface area contributed by atoms with Crippen LogP contribution in [-0.2, 0) is 0 Å². The Labute approximate surface area is 118 Å². The smallest absolute Gasteiger partial charge is 0.193 e. The molecular weight excluding hydrogens is 333 g/mol. The lowest BCUT2D eigenvalue weighted by Crippen LogP contribution is -2.23. The normalized spacial score (nSPS) is 12.8. The number of benzene rings is 1. The highest BCUT2D eigenvalue weighted by Gasteiger charge is 1.98. The van der Waals surface area contributed by atoms with Crippen molar-refractivity contribution in [3.8, 4) is 0 Å². The summed E-state index contributed by atoms with van der Waals surface area (Å²) in [4.78, 5) is 4.25. The Hall–Kier alpha value is -0.430. The maximum atomic E-state index is 5.74. The number of nitrogens with one attached hydrogen (secondary N) is 1. The first-order valence-corrected chi connectivity index (χ1v) is 6.16. The first-order chi connectivity index (χ1) is 7.22. The van der Waals surface area contributed by atoms with Crippen molar-refractivity contribution in [1.29, 1.82) is 0 Å². The van der Waals surface area contributed by atoms with Crippen LogP contribution in [-0.4, -0.2) is 24.0 Å². The Balaban J connectivity index is 0.00000225. The van der Waals surface area contributed by atoms with Crippen LogP contribution in [0.25, 0.3) is 0 Å². The van der Waals surface area contributed by atoms with Gasteiger partial charge in [-0.15, -0.1) is 24.0 Å². The topological polar surface area (TPSA) is 50.4 Å². The van der Waals surface area contributed by atoms with Crippen molar-refractivity contribution in [3.63, 3.8) is 0 Å². The number of anilines is 1. The fraction of sp³-hybridized carbons (Fsp3) is 0.364. The largest absolute Gasteiger partial charge is 0.370 e. The summed E-state index contributed by atoms with van der Waals surface area (Å²) in [6.07, 6.45) is 2.07. The third-order valence-electron chi connectivity index (χ3n) is 1.97. The highest BCUT2D eigenvalue weighted by atomic mass is 127. The summed E-state index contributed by atoms with van der Waals surface area (Å²) in [6, 6.07) is 9.80. The molecule has 3 N–H and O–H groups in total. The number of thioether (sulfide) groups is 1. The lowest BCUT2D eigenvalue weighted by molar-refractivity contribution is 0.951. The van der Waals surface area contributed by atoms with Crippen LogP contribution < -0.4 is 11.1 Å². The van der Waals surface area contributed by atoms with E-state index in [1.807, 2.05) is 30.3 Å². The Bertz CT molecular complexity index is 316. The van der Waals surface area contributed by atoms with Crippen LogP contribution in [0.3, 0.4) is 0 Å². The molecule has 0 aliphatic carbocycles. The van der Waals surface area contributed by atoms with Crippen LogP contribution in [0.5, 0.6) is 0 Å². The van der Waals surface area contributed by atoms with Crippen molar-refractivity contribution >= 4 is 47.4 Å². The first-order valence-electron chi connectivity index (χ1n) is 4.87. The van der Waals surface area contributed by atoms with E-state index >= 15 is 0 Å². The first kappa shape index (κ1) is 15.6. The summed E-state index contributed by atoms with van der Waals surface area (Å²) in [7, 11) is 0. The molecule has 0 saturated carbocycles. The minimum absolute atomic E-state index is 0. The van der Waals surface area contributed by atoms with Crippen molar-refractivity contribution in [1.82, 2.24) is 0 Å². The van der Waals surface area contributed by atoms with Gasteiger partial charge in [-0.25, -0.2) is 0 Å². The molecule has 1 aromatic carbocycles. The summed E-state index contributed by atoms with van der Waals surface area (Å²) in [5.41, 5.74) is 6.71. The highest BCUT2D eigenvalue weighted by molar-refractivity contribution is 14.0. The molecular formula is C11H18IN3S. The van der Waals surface area contributed by atoms with E-state index in [2.05, 4.69) is 23.5 Å². The van der Waals surface area contributed by atoms with E-state index in [-0.39, 0.29) is 24.0 Å². The number of guanidine groups is 1. The second kappa shape index (κ2) is 8.69. The van der Waals surface area contributed by atoms with Gasteiger partial charge in [-0.3, -0.25) is 4.99 Å². The van der Waals surface area contributed by atoms with Crippen LogP contribution in [0.2, 0.25) is 0 Å². The van der Waals surface area contributed by atoms with Crippen LogP contribution in [0, 0.1) is 0 Å². The zero-order valence-electron chi connectivity index (χ0n) is 9.51. The summed E-state index contributed by atoms with van der Waals surface area (Å²) in [6.45, 7) is 2.87. The Morgan fingerprint density at radius 3 is 2.62 bits per heavy atom. The second-order valence-corrected chi connectivity index (χ2v) is 4.54. The molecule has 1 rings (SSSR count). The fourth-order valence-electron chi connectivity index (χ4n) is 1.01. The van der Waals surface area contributed by atoms with Gasteiger partial charge in [-0.05, 0) is 18.4 Å². The molecule has 1 atom stereocenters. The number of aliphatic imine (C=N–C) groups is 1. The van der Waals surface area contributed by atoms with Gasteiger partial charge in [0.15, 0.2) is 5.96 Å². The molecule has 0 saturated heterocycles. The van der Waals surface area contributed by atoms with Gasteiger partial charge in [-0.1, -0.05) is 25.1 Å². The number of hydrogen-bond donors (Lipinski definition) is 2. The van der Waals surface area contributed by atoms with Crippen molar-refractivity contribution in [2.45, 2.75) is 12.2 Å². The summed E-state index contributed by atoms with van der Waals surface area (Å²) >= 11 is 1.78. The summed E-state index contributed by atoms with van der Waals surface area (Å²) in [5.74, 6) is 0.474. The van der Waals surface area contributed by atoms with Crippen LogP contribution in [0.4, 0.5) is 5.69 Å². The van der Waals surface area contributed by atoms with Crippen LogP contribution >= 0.6 is 35.7 Å². The third kappa shape index (κ3) is 6.22. The second-order valence-electron chi connectivity index (χ2n) is 3.26. The molecule has 0 bridgehead atoms. The summed E-state index contributed by atoms with van der Waals surface area (Å²) in [5, 5.41) is 3.54. The molecule has 0 aliphatic rings. The maximum absolute atomic E-state index is 5.74. The van der Waals surface area contributed by atoms with Crippen molar-refractivity contribution < 1.29 is 0 Å². The van der Waals surface area contributed by atoms with E-state index in [0.717, 1.165) is 12.2 Å². The molecule has 1 aromatic rings. The molecule has 0 aliphatic heterocycles. The van der Waals surface area contributed by atoms with Gasteiger partial charge in [0.25, 0.3) is 0 Å². The molecule has 3 nitrogen and oxygen atoms in total. The third-order valence-corrected chi connectivity index (χ3v) is 2.92. The van der Waals surface area contributed by atoms with Crippen molar-refractivity contribution in [3.05, 3.63) is 30.3 Å². The van der Waals surface area contributed by atoms with E-state index < -0.39 is 0 Å². The number of halogens is 1. The quantitative estimate of drug-likeness (QED) is 0.498. The van der Waals surface area contributed by atoms with Gasteiger partial charge in [0.1, 0.15) is 0 Å². The van der Waals surface area contributed by atoms with E-state index in [4.69, 9.17) is 5.73 Å². The zero-order valence-corrected chi connectivity index (χ0v) is 12.7. The Morgan fingerprint density at radius 1 is 1.44 bits per heavy atom. The molecule has 0 radical (unpaired) electrons. The van der Waals surface area contributed by atoms with E-state index in [1.54, 1.807) is 11.8 Å². The highest BCUT2D eigenvalue weighted by Crippen LogP contribution is 2.06. The molecule has 16 heavy (non-hydrogen) atoms. The van der Waals surface area contributed by atoms with Crippen LogP contribution in [0.1, 0.15) is 6.92 Å². The minimum atomic E-state index is 0. The molecule has 1 unspecified atom stereocenters. The van der Waals surface area contributed by atoms with Crippen molar-refractivity contribution in [2.75, 3.05) is 18.1 Å². The molecule has 0 aromatic heterocycles. The SMILES string of the molecule is CSC(C)CN=C(N)Nc1ccccc1.I. The predicted molar refractivity (Wildman–Crippen MR) is 84.9 cm³/mol. The number of rotatable bonds is 4. The van der Waals surface area contributed by atoms with Gasteiger partial charge in [-0.2, -0.15) is 11.8 Å². The average molecular weight is 351 g/mol. The fourth-order valence-corrected chi connectivity index (χ4v) is 1.23. The molecule has 0 amide bonds. The zero-order chi connectivity index (χ0) is 11.1. The average Bonchev–Trinajstić information content (AvgIpc) is 2.27. The lowest BCUT2D eigenvalue weighted by atomic mass is 10.3. The van der Waals surface area contributed by atoms with Gasteiger partial charge < -0.3 is 11.1 Å². The Kier molecular flexibility index (Phi) is 8.46. The van der Waals surface area contributed by atoms with E-state index in [9.17, 15) is 0 Å². The lowest BCUT2D eigenvalue weighted by Gasteiger charge is -2.07. The number of hydrogen-bond acceptors (Lipinski definition) is 2. The van der Waals surface area contributed by atoms with Crippen molar-refractivity contribution in [2.24, 2.45) is 10.7 Å². The van der Waals surface area contributed by atoms with Gasteiger partial charge in [0, 0.05) is 10.9 Å². The van der Waals surface area contributed by atoms with E-state index in [0.29, 0.717) is 11.2 Å². The minimum Gasteiger partial charge on any atom is -0.370 e.